The van der Waals surface area contributed by atoms with Crippen LogP contribution in [0.4, 0.5) is 0 Å². The normalized spacial score (nSPS) is 10.7. The highest BCUT2D eigenvalue weighted by atomic mass is 14.9. The van der Waals surface area contributed by atoms with E-state index in [2.05, 4.69) is 19.9 Å². The van der Waals surface area contributed by atoms with Gasteiger partial charge in [-0.05, 0) is 23.8 Å². The number of aromatic nitrogens is 4. The molecule has 0 aromatic carbocycles. The Balaban J connectivity index is 2.31. The fourth-order valence-corrected chi connectivity index (χ4v) is 1.62. The van der Waals surface area contributed by atoms with Crippen molar-refractivity contribution < 1.29 is 0 Å². The van der Waals surface area contributed by atoms with Gasteiger partial charge in [-0.1, -0.05) is 0 Å². The maximum atomic E-state index is 4.17. The summed E-state index contributed by atoms with van der Waals surface area (Å²) in [6.45, 7) is 0. The Kier molecular flexibility index (Phi) is 1.71. The van der Waals surface area contributed by atoms with E-state index in [1.54, 1.807) is 24.9 Å². The largest absolute Gasteiger partial charge is 0.343 e. The Hall–Kier alpha value is -2.23. The summed E-state index contributed by atoms with van der Waals surface area (Å²) < 4.78 is 0. The van der Waals surface area contributed by atoms with E-state index in [1.807, 2.05) is 18.2 Å². The van der Waals surface area contributed by atoms with E-state index >= 15 is 0 Å². The Morgan fingerprint density at radius 2 is 1.80 bits per heavy atom. The van der Waals surface area contributed by atoms with Crippen LogP contribution < -0.4 is 0 Å². The second kappa shape index (κ2) is 3.16. The number of imidazole rings is 1. The molecule has 0 saturated heterocycles. The lowest BCUT2D eigenvalue weighted by atomic mass is 10.1. The Morgan fingerprint density at radius 1 is 0.933 bits per heavy atom. The molecule has 0 spiro atoms. The number of fused-ring (bicyclic) bond motifs is 1. The minimum absolute atomic E-state index is 0.740. The van der Waals surface area contributed by atoms with Crippen molar-refractivity contribution in [3.63, 3.8) is 0 Å². The van der Waals surface area contributed by atoms with E-state index in [9.17, 15) is 0 Å². The molecular weight excluding hydrogens is 188 g/mol. The zero-order valence-corrected chi connectivity index (χ0v) is 7.88. The van der Waals surface area contributed by atoms with Crippen LogP contribution in [0.5, 0.6) is 0 Å². The van der Waals surface area contributed by atoms with Crippen LogP contribution in [0, 0.1) is 0 Å². The maximum Gasteiger partial charge on any atom is 0.178 e. The lowest BCUT2D eigenvalue weighted by Gasteiger charge is -2.00. The van der Waals surface area contributed by atoms with Crippen LogP contribution >= 0.6 is 0 Å². The van der Waals surface area contributed by atoms with Gasteiger partial charge in [0.25, 0.3) is 0 Å². The van der Waals surface area contributed by atoms with Gasteiger partial charge in [-0.2, -0.15) is 0 Å². The van der Waals surface area contributed by atoms with Gasteiger partial charge in [0.15, 0.2) is 5.65 Å². The van der Waals surface area contributed by atoms with Crippen LogP contribution in [-0.2, 0) is 0 Å². The molecule has 0 aliphatic heterocycles. The highest BCUT2D eigenvalue weighted by Crippen LogP contribution is 2.23. The molecule has 0 aliphatic carbocycles. The molecule has 4 nitrogen and oxygen atoms in total. The van der Waals surface area contributed by atoms with Crippen LogP contribution in [0.3, 0.4) is 0 Å². The lowest BCUT2D eigenvalue weighted by molar-refractivity contribution is 1.30. The molecule has 0 aliphatic rings. The topological polar surface area (TPSA) is 54.5 Å². The van der Waals surface area contributed by atoms with E-state index in [-0.39, 0.29) is 0 Å². The summed E-state index contributed by atoms with van der Waals surface area (Å²) in [6.07, 6.45) is 6.97. The second-order valence-corrected chi connectivity index (χ2v) is 3.20. The number of hydrogen-bond acceptors (Lipinski definition) is 3. The van der Waals surface area contributed by atoms with Gasteiger partial charge in [0.1, 0.15) is 0 Å². The number of aromatic amines is 1. The summed E-state index contributed by atoms with van der Waals surface area (Å²) >= 11 is 0. The monoisotopic (exact) mass is 196 g/mol. The van der Waals surface area contributed by atoms with Gasteiger partial charge in [0.05, 0.1) is 11.8 Å². The fraction of sp³-hybridized carbons (Fsp3) is 0. The van der Waals surface area contributed by atoms with Gasteiger partial charge in [0, 0.05) is 24.2 Å². The molecule has 72 valence electrons. The molecule has 3 heterocycles. The van der Waals surface area contributed by atoms with E-state index in [0.29, 0.717) is 0 Å². The molecule has 4 heteroatoms. The number of rotatable bonds is 1. The Bertz CT molecular complexity index is 586. The van der Waals surface area contributed by atoms with Crippen molar-refractivity contribution in [2.24, 2.45) is 0 Å². The van der Waals surface area contributed by atoms with Crippen LogP contribution in [-0.4, -0.2) is 19.9 Å². The predicted molar refractivity (Wildman–Crippen MR) is 57.1 cm³/mol. The highest BCUT2D eigenvalue weighted by molar-refractivity contribution is 5.88. The number of nitrogens with zero attached hydrogens (tertiary/aromatic N) is 3. The third-order valence-corrected chi connectivity index (χ3v) is 2.32. The van der Waals surface area contributed by atoms with Gasteiger partial charge in [-0.15, -0.1) is 0 Å². The lowest BCUT2D eigenvalue weighted by Crippen LogP contribution is -1.83. The van der Waals surface area contributed by atoms with E-state index in [0.717, 1.165) is 22.3 Å². The first-order valence-electron chi connectivity index (χ1n) is 4.63. The van der Waals surface area contributed by atoms with E-state index in [1.165, 1.54) is 0 Å². The summed E-state index contributed by atoms with van der Waals surface area (Å²) in [7, 11) is 0. The smallest absolute Gasteiger partial charge is 0.178 e. The van der Waals surface area contributed by atoms with Crippen molar-refractivity contribution in [3.05, 3.63) is 43.1 Å². The van der Waals surface area contributed by atoms with E-state index in [4.69, 9.17) is 0 Å². The third-order valence-electron chi connectivity index (χ3n) is 2.32. The number of hydrogen-bond donors (Lipinski definition) is 1. The number of pyridine rings is 2. The maximum absolute atomic E-state index is 4.17. The molecule has 1 N–H and O–H groups in total. The first-order valence-corrected chi connectivity index (χ1v) is 4.63. The Morgan fingerprint density at radius 3 is 2.67 bits per heavy atom. The van der Waals surface area contributed by atoms with Gasteiger partial charge >= 0.3 is 0 Å². The highest BCUT2D eigenvalue weighted by Gasteiger charge is 2.05. The molecule has 0 unspecified atom stereocenters. The molecule has 0 bridgehead atoms. The van der Waals surface area contributed by atoms with Gasteiger partial charge in [-0.3, -0.25) is 4.98 Å². The van der Waals surface area contributed by atoms with Crippen LogP contribution in [0.1, 0.15) is 0 Å². The van der Waals surface area contributed by atoms with Crippen molar-refractivity contribution >= 4 is 11.2 Å². The van der Waals surface area contributed by atoms with Crippen molar-refractivity contribution in [1.82, 2.24) is 19.9 Å². The first kappa shape index (κ1) is 8.11. The molecule has 3 aromatic rings. The molecule has 15 heavy (non-hydrogen) atoms. The molecule has 3 aromatic heterocycles. The van der Waals surface area contributed by atoms with Gasteiger partial charge in [-0.25, -0.2) is 9.97 Å². The summed E-state index contributed by atoms with van der Waals surface area (Å²) in [4.78, 5) is 15.4. The van der Waals surface area contributed by atoms with Crippen molar-refractivity contribution in [2.45, 2.75) is 0 Å². The molecule has 0 radical (unpaired) electrons. The molecule has 0 atom stereocenters. The standard InChI is InChI=1S/C11H8N4/c1-4-12-5-2-8(1)9-3-6-13-11-10(9)14-7-15-11/h1-7H,(H,13,14,15). The third kappa shape index (κ3) is 1.27. The Labute approximate surface area is 86.0 Å². The van der Waals surface area contributed by atoms with Crippen molar-refractivity contribution in [1.29, 1.82) is 0 Å². The zero-order chi connectivity index (χ0) is 10.1. The average Bonchev–Trinajstić information content (AvgIpc) is 2.78. The minimum Gasteiger partial charge on any atom is -0.343 e. The summed E-state index contributed by atoms with van der Waals surface area (Å²) in [5, 5.41) is 0. The average molecular weight is 196 g/mol. The molecular formula is C11H8N4. The van der Waals surface area contributed by atoms with Crippen molar-refractivity contribution in [2.75, 3.05) is 0 Å². The molecule has 0 amide bonds. The van der Waals surface area contributed by atoms with Crippen LogP contribution in [0.15, 0.2) is 43.1 Å². The second-order valence-electron chi connectivity index (χ2n) is 3.20. The fourth-order valence-electron chi connectivity index (χ4n) is 1.62. The summed E-state index contributed by atoms with van der Waals surface area (Å²) in [6, 6.07) is 5.90. The molecule has 3 rings (SSSR count). The summed E-state index contributed by atoms with van der Waals surface area (Å²) in [5.74, 6) is 0. The summed E-state index contributed by atoms with van der Waals surface area (Å²) in [5.41, 5.74) is 3.91. The van der Waals surface area contributed by atoms with Crippen LogP contribution in [0.2, 0.25) is 0 Å². The first-order chi connectivity index (χ1) is 7.45. The van der Waals surface area contributed by atoms with Gasteiger partial charge in [0.2, 0.25) is 0 Å². The van der Waals surface area contributed by atoms with Crippen LogP contribution in [0.25, 0.3) is 22.3 Å². The number of nitrogens with one attached hydrogen (secondary N) is 1. The van der Waals surface area contributed by atoms with E-state index < -0.39 is 0 Å². The SMILES string of the molecule is c1cc(-c2ccnc3nc[nH]c23)ccn1. The number of H-pyrrole nitrogens is 1. The van der Waals surface area contributed by atoms with Crippen molar-refractivity contribution in [3.8, 4) is 11.1 Å². The zero-order valence-electron chi connectivity index (χ0n) is 7.88. The van der Waals surface area contributed by atoms with Gasteiger partial charge < -0.3 is 4.98 Å². The minimum atomic E-state index is 0.740. The molecule has 0 saturated carbocycles. The quantitative estimate of drug-likeness (QED) is 0.647. The predicted octanol–water partition coefficient (Wildman–Crippen LogP) is 2.02. The molecule has 0 fully saturated rings.